The van der Waals surface area contributed by atoms with Crippen LogP contribution in [0.1, 0.15) is 41.2 Å². The Balaban J connectivity index is 1.88. The molecule has 1 aromatic heterocycles. The predicted octanol–water partition coefficient (Wildman–Crippen LogP) is 3.13. The number of hydrogen-bond acceptors (Lipinski definition) is 4. The SMILES string of the molecule is CC(C)C1(C(=O)O)CCN(C(=O)c2ccccc2N(C)C(=O)c2ccco2)C1. The summed E-state index contributed by atoms with van der Waals surface area (Å²) in [5.41, 5.74) is -0.137. The van der Waals surface area contributed by atoms with E-state index in [1.165, 1.54) is 11.2 Å². The van der Waals surface area contributed by atoms with Gasteiger partial charge in [0.05, 0.1) is 22.9 Å². The summed E-state index contributed by atoms with van der Waals surface area (Å²) >= 11 is 0. The lowest BCUT2D eigenvalue weighted by Crippen LogP contribution is -2.41. The van der Waals surface area contributed by atoms with E-state index in [2.05, 4.69) is 0 Å². The van der Waals surface area contributed by atoms with Gasteiger partial charge in [0.2, 0.25) is 0 Å². The molecule has 2 heterocycles. The van der Waals surface area contributed by atoms with Crippen molar-refractivity contribution in [3.05, 3.63) is 54.0 Å². The fourth-order valence-corrected chi connectivity index (χ4v) is 3.69. The number of anilines is 1. The third kappa shape index (κ3) is 3.28. The molecule has 1 fully saturated rings. The van der Waals surface area contributed by atoms with Crippen LogP contribution in [0, 0.1) is 11.3 Å². The zero-order chi connectivity index (χ0) is 20.5. The molecule has 1 saturated heterocycles. The first kappa shape index (κ1) is 19.7. The zero-order valence-electron chi connectivity index (χ0n) is 16.2. The molecular formula is C21H24N2O5. The van der Waals surface area contributed by atoms with Gasteiger partial charge in [0.15, 0.2) is 5.76 Å². The monoisotopic (exact) mass is 384 g/mol. The van der Waals surface area contributed by atoms with Crippen molar-refractivity contribution in [2.24, 2.45) is 11.3 Å². The van der Waals surface area contributed by atoms with Crippen LogP contribution in [0.3, 0.4) is 0 Å². The number of rotatable bonds is 5. The number of aliphatic carboxylic acids is 1. The lowest BCUT2D eigenvalue weighted by molar-refractivity contribution is -0.150. The Bertz CT molecular complexity index is 890. The smallest absolute Gasteiger partial charge is 0.311 e. The summed E-state index contributed by atoms with van der Waals surface area (Å²) < 4.78 is 5.17. The van der Waals surface area contributed by atoms with Crippen LogP contribution in [-0.2, 0) is 4.79 Å². The predicted molar refractivity (Wildman–Crippen MR) is 103 cm³/mol. The number of nitrogens with zero attached hydrogens (tertiary/aromatic N) is 2. The van der Waals surface area contributed by atoms with Crippen LogP contribution in [0.2, 0.25) is 0 Å². The summed E-state index contributed by atoms with van der Waals surface area (Å²) in [5.74, 6) is -1.44. The van der Waals surface area contributed by atoms with Crippen molar-refractivity contribution in [1.29, 1.82) is 0 Å². The van der Waals surface area contributed by atoms with Gasteiger partial charge in [-0.05, 0) is 36.6 Å². The highest BCUT2D eigenvalue weighted by molar-refractivity contribution is 6.09. The van der Waals surface area contributed by atoms with Crippen molar-refractivity contribution in [2.45, 2.75) is 20.3 Å². The first-order valence-corrected chi connectivity index (χ1v) is 9.21. The maximum absolute atomic E-state index is 13.2. The van der Waals surface area contributed by atoms with Crippen LogP contribution >= 0.6 is 0 Å². The summed E-state index contributed by atoms with van der Waals surface area (Å²) in [4.78, 5) is 40.6. The van der Waals surface area contributed by atoms with Gasteiger partial charge < -0.3 is 19.3 Å². The Kier molecular flexibility index (Phi) is 5.27. The normalized spacial score (nSPS) is 19.1. The van der Waals surface area contributed by atoms with Crippen molar-refractivity contribution < 1.29 is 23.9 Å². The van der Waals surface area contributed by atoms with E-state index in [0.29, 0.717) is 24.2 Å². The van der Waals surface area contributed by atoms with Crippen LogP contribution in [0.25, 0.3) is 0 Å². The van der Waals surface area contributed by atoms with Gasteiger partial charge in [-0.3, -0.25) is 14.4 Å². The molecule has 7 heteroatoms. The molecule has 1 aliphatic rings. The van der Waals surface area contributed by atoms with Crippen LogP contribution < -0.4 is 4.90 Å². The fraction of sp³-hybridized carbons (Fsp3) is 0.381. The lowest BCUT2D eigenvalue weighted by atomic mass is 9.76. The number of benzene rings is 1. The number of carboxylic acid groups (broad SMARTS) is 1. The van der Waals surface area contributed by atoms with Crippen LogP contribution in [0.4, 0.5) is 5.69 Å². The molecule has 28 heavy (non-hydrogen) atoms. The van der Waals surface area contributed by atoms with Gasteiger partial charge in [-0.15, -0.1) is 0 Å². The minimum Gasteiger partial charge on any atom is -0.481 e. The third-order valence-corrected chi connectivity index (χ3v) is 5.65. The molecule has 0 spiro atoms. The number of para-hydroxylation sites is 1. The van der Waals surface area contributed by atoms with E-state index in [1.807, 2.05) is 13.8 Å². The molecule has 1 unspecified atom stereocenters. The Morgan fingerprint density at radius 3 is 2.46 bits per heavy atom. The van der Waals surface area contributed by atoms with Crippen molar-refractivity contribution in [3.63, 3.8) is 0 Å². The van der Waals surface area contributed by atoms with E-state index in [0.717, 1.165) is 0 Å². The molecule has 2 amide bonds. The van der Waals surface area contributed by atoms with E-state index in [9.17, 15) is 19.5 Å². The molecule has 0 radical (unpaired) electrons. The van der Waals surface area contributed by atoms with Crippen molar-refractivity contribution in [3.8, 4) is 0 Å². The number of carboxylic acids is 1. The van der Waals surface area contributed by atoms with Gasteiger partial charge in [0.1, 0.15) is 0 Å². The van der Waals surface area contributed by atoms with E-state index in [4.69, 9.17) is 4.42 Å². The first-order chi connectivity index (χ1) is 13.3. The number of amides is 2. The van der Waals surface area contributed by atoms with Crippen molar-refractivity contribution >= 4 is 23.5 Å². The lowest BCUT2D eigenvalue weighted by Gasteiger charge is -2.29. The molecule has 2 aromatic rings. The molecule has 0 bridgehead atoms. The highest BCUT2D eigenvalue weighted by atomic mass is 16.4. The summed E-state index contributed by atoms with van der Waals surface area (Å²) in [6.07, 6.45) is 1.83. The third-order valence-electron chi connectivity index (χ3n) is 5.65. The zero-order valence-corrected chi connectivity index (χ0v) is 16.2. The van der Waals surface area contributed by atoms with Gasteiger partial charge >= 0.3 is 5.97 Å². The fourth-order valence-electron chi connectivity index (χ4n) is 3.69. The molecule has 1 atom stereocenters. The van der Waals surface area contributed by atoms with Crippen LogP contribution in [-0.4, -0.2) is 47.9 Å². The van der Waals surface area contributed by atoms with Crippen molar-refractivity contribution in [1.82, 2.24) is 4.90 Å². The minimum absolute atomic E-state index is 0.0961. The highest BCUT2D eigenvalue weighted by Crippen LogP contribution is 2.39. The minimum atomic E-state index is -0.944. The Hall–Kier alpha value is -3.09. The number of hydrogen-bond donors (Lipinski definition) is 1. The van der Waals surface area contributed by atoms with Crippen LogP contribution in [0.5, 0.6) is 0 Å². The topological polar surface area (TPSA) is 91.1 Å². The van der Waals surface area contributed by atoms with Gasteiger partial charge in [-0.25, -0.2) is 0 Å². The molecule has 0 saturated carbocycles. The molecule has 148 valence electrons. The average molecular weight is 384 g/mol. The largest absolute Gasteiger partial charge is 0.481 e. The average Bonchev–Trinajstić information content (AvgIpc) is 3.36. The maximum Gasteiger partial charge on any atom is 0.311 e. The summed E-state index contributed by atoms with van der Waals surface area (Å²) in [6.45, 7) is 4.26. The van der Waals surface area contributed by atoms with Gasteiger partial charge in [0.25, 0.3) is 11.8 Å². The standard InChI is InChI=1S/C21H24N2O5/c1-14(2)21(20(26)27)10-11-23(13-21)18(24)15-7-4-5-8-16(15)22(3)19(25)17-9-6-12-28-17/h4-9,12,14H,10-11,13H2,1-3H3,(H,26,27). The highest BCUT2D eigenvalue weighted by Gasteiger charge is 2.48. The van der Waals surface area contributed by atoms with Crippen LogP contribution in [0.15, 0.2) is 47.1 Å². The second-order valence-corrected chi connectivity index (χ2v) is 7.45. The van der Waals surface area contributed by atoms with Crippen molar-refractivity contribution in [2.75, 3.05) is 25.0 Å². The second kappa shape index (κ2) is 7.50. The molecule has 3 rings (SSSR count). The Morgan fingerprint density at radius 1 is 1.18 bits per heavy atom. The summed E-state index contributed by atoms with van der Waals surface area (Å²) in [5, 5.41) is 9.72. The molecule has 7 nitrogen and oxygen atoms in total. The van der Waals surface area contributed by atoms with Gasteiger partial charge in [0, 0.05) is 20.1 Å². The molecule has 1 aliphatic heterocycles. The number of furan rings is 1. The second-order valence-electron chi connectivity index (χ2n) is 7.45. The molecular weight excluding hydrogens is 360 g/mol. The molecule has 1 aromatic carbocycles. The first-order valence-electron chi connectivity index (χ1n) is 9.21. The number of carbonyl (C=O) groups is 3. The quantitative estimate of drug-likeness (QED) is 0.855. The van der Waals surface area contributed by atoms with Gasteiger partial charge in [-0.1, -0.05) is 26.0 Å². The Labute approximate surface area is 163 Å². The number of likely N-dealkylation sites (tertiary alicyclic amines) is 1. The van der Waals surface area contributed by atoms with E-state index < -0.39 is 11.4 Å². The van der Waals surface area contributed by atoms with E-state index in [-0.39, 0.29) is 30.0 Å². The van der Waals surface area contributed by atoms with E-state index >= 15 is 0 Å². The Morgan fingerprint density at radius 2 is 1.89 bits per heavy atom. The maximum atomic E-state index is 13.2. The molecule has 0 aliphatic carbocycles. The summed E-state index contributed by atoms with van der Waals surface area (Å²) in [6, 6.07) is 10.0. The van der Waals surface area contributed by atoms with E-state index in [1.54, 1.807) is 48.3 Å². The van der Waals surface area contributed by atoms with Gasteiger partial charge in [-0.2, -0.15) is 0 Å². The summed E-state index contributed by atoms with van der Waals surface area (Å²) in [7, 11) is 1.58. The number of carbonyl (C=O) groups excluding carboxylic acids is 2. The molecule has 1 N–H and O–H groups in total.